The second-order valence-corrected chi connectivity index (χ2v) is 17.5. The molecule has 63 heavy (non-hydrogen) atoms. The lowest BCUT2D eigenvalue weighted by atomic mass is 10.00. The van der Waals surface area contributed by atoms with Gasteiger partial charge in [-0.3, -0.25) is 0 Å². The molecule has 0 atom stereocenters. The highest BCUT2D eigenvalue weighted by atomic mass is 32.1. The first kappa shape index (κ1) is 35.7. The summed E-state index contributed by atoms with van der Waals surface area (Å²) >= 11 is 1.88. The Labute approximate surface area is 368 Å². The third-order valence-electron chi connectivity index (χ3n) is 13.0. The molecule has 0 spiro atoms. The fourth-order valence-corrected chi connectivity index (χ4v) is 11.3. The summed E-state index contributed by atoms with van der Waals surface area (Å²) in [5.41, 5.74) is 11.8. The molecule has 0 aliphatic heterocycles. The Morgan fingerprint density at radius 2 is 0.889 bits per heavy atom. The van der Waals surface area contributed by atoms with Gasteiger partial charge in [-0.05, 0) is 110 Å². The third-order valence-corrected chi connectivity index (χ3v) is 14.2. The van der Waals surface area contributed by atoms with E-state index in [9.17, 15) is 0 Å². The summed E-state index contributed by atoms with van der Waals surface area (Å²) in [5, 5.41) is 12.7. The van der Waals surface area contributed by atoms with Gasteiger partial charge < -0.3 is 9.47 Å². The summed E-state index contributed by atoms with van der Waals surface area (Å²) in [6.07, 6.45) is 0. The van der Waals surface area contributed by atoms with E-state index in [4.69, 9.17) is 0 Å². The summed E-state index contributed by atoms with van der Waals surface area (Å²) in [6.45, 7) is 0. The minimum absolute atomic E-state index is 1.11. The average Bonchev–Trinajstić information content (AvgIpc) is 3.91. The molecule has 0 amide bonds. The first-order chi connectivity index (χ1) is 31.2. The van der Waals surface area contributed by atoms with Gasteiger partial charge in [0.1, 0.15) is 0 Å². The lowest BCUT2D eigenvalue weighted by Gasteiger charge is -2.27. The standard InChI is InChI=1S/C60H38N2S/c1-4-18-48-41(12-1)15-10-24-54(48)61(47-17-9-16-44(38-47)51-22-11-23-53-52-21-7-8-25-57(52)63-60(51)53)45-32-26-39(27-33-45)40-28-34-46(35-29-40)62-55-36-30-42-13-2-5-19-49(42)58(55)59-50-20-6-3-14-43(50)31-37-56(59)62/h1-38H. The highest BCUT2D eigenvalue weighted by Crippen LogP contribution is 2.45. The molecular weight excluding hydrogens is 781 g/mol. The van der Waals surface area contributed by atoms with Gasteiger partial charge in [-0.25, -0.2) is 0 Å². The zero-order chi connectivity index (χ0) is 41.4. The van der Waals surface area contributed by atoms with E-state index in [1.165, 1.54) is 96.5 Å². The van der Waals surface area contributed by atoms with E-state index in [1.807, 2.05) is 11.3 Å². The molecule has 0 saturated heterocycles. The van der Waals surface area contributed by atoms with Crippen molar-refractivity contribution in [3.8, 4) is 27.9 Å². The average molecular weight is 819 g/mol. The van der Waals surface area contributed by atoms with Gasteiger partial charge in [-0.2, -0.15) is 0 Å². The molecule has 2 nitrogen and oxygen atoms in total. The van der Waals surface area contributed by atoms with E-state index in [1.54, 1.807) is 0 Å². The van der Waals surface area contributed by atoms with Crippen LogP contribution in [0.5, 0.6) is 0 Å². The van der Waals surface area contributed by atoms with E-state index in [0.717, 1.165) is 22.7 Å². The van der Waals surface area contributed by atoms with Crippen LogP contribution in [0.3, 0.4) is 0 Å². The topological polar surface area (TPSA) is 8.17 Å². The molecule has 0 radical (unpaired) electrons. The Morgan fingerprint density at radius 1 is 0.349 bits per heavy atom. The second kappa shape index (κ2) is 14.3. The third kappa shape index (κ3) is 5.71. The van der Waals surface area contributed by atoms with Crippen LogP contribution in [0.1, 0.15) is 0 Å². The van der Waals surface area contributed by atoms with Crippen molar-refractivity contribution in [1.82, 2.24) is 4.57 Å². The Kier molecular flexibility index (Phi) is 8.12. The summed E-state index contributed by atoms with van der Waals surface area (Å²) in [4.78, 5) is 2.42. The van der Waals surface area contributed by atoms with E-state index < -0.39 is 0 Å². The number of benzene rings is 11. The molecule has 294 valence electrons. The zero-order valence-corrected chi connectivity index (χ0v) is 35.1. The molecule has 2 heterocycles. The summed E-state index contributed by atoms with van der Waals surface area (Å²) < 4.78 is 5.08. The molecule has 3 heteroatoms. The van der Waals surface area contributed by atoms with Crippen molar-refractivity contribution in [2.75, 3.05) is 4.90 Å². The Hall–Kier alpha value is -7.98. The minimum atomic E-state index is 1.11. The predicted octanol–water partition coefficient (Wildman–Crippen LogP) is 17.4. The second-order valence-electron chi connectivity index (χ2n) is 16.5. The quantitative estimate of drug-likeness (QED) is 0.162. The highest BCUT2D eigenvalue weighted by Gasteiger charge is 2.20. The summed E-state index contributed by atoms with van der Waals surface area (Å²) in [7, 11) is 0. The first-order valence-electron chi connectivity index (χ1n) is 21.6. The fourth-order valence-electron chi connectivity index (χ4n) is 10.0. The maximum Gasteiger partial charge on any atom is 0.0547 e. The minimum Gasteiger partial charge on any atom is -0.310 e. The van der Waals surface area contributed by atoms with Gasteiger partial charge in [-0.1, -0.05) is 170 Å². The van der Waals surface area contributed by atoms with Gasteiger partial charge in [0.25, 0.3) is 0 Å². The summed E-state index contributed by atoms with van der Waals surface area (Å²) in [5.74, 6) is 0. The van der Waals surface area contributed by atoms with Gasteiger partial charge in [0.15, 0.2) is 0 Å². The maximum atomic E-state index is 2.44. The van der Waals surface area contributed by atoms with Gasteiger partial charge in [0, 0.05) is 53.4 Å². The van der Waals surface area contributed by atoms with E-state index in [2.05, 4.69) is 240 Å². The van der Waals surface area contributed by atoms with Crippen LogP contribution in [0, 0.1) is 0 Å². The van der Waals surface area contributed by atoms with Crippen LogP contribution in [-0.4, -0.2) is 4.57 Å². The number of rotatable bonds is 6. The van der Waals surface area contributed by atoms with Crippen LogP contribution in [0.2, 0.25) is 0 Å². The molecule has 0 saturated carbocycles. The molecule has 0 aliphatic carbocycles. The van der Waals surface area contributed by atoms with Crippen LogP contribution in [-0.2, 0) is 0 Å². The maximum absolute atomic E-state index is 2.44. The van der Waals surface area contributed by atoms with Crippen LogP contribution in [0.15, 0.2) is 231 Å². The van der Waals surface area contributed by atoms with Crippen molar-refractivity contribution in [3.63, 3.8) is 0 Å². The number of aromatic nitrogens is 1. The molecule has 11 aromatic carbocycles. The van der Waals surface area contributed by atoms with Crippen LogP contribution in [0.25, 0.3) is 102 Å². The van der Waals surface area contributed by atoms with E-state index in [-0.39, 0.29) is 0 Å². The molecule has 13 rings (SSSR count). The number of fused-ring (bicyclic) bond motifs is 11. The lowest BCUT2D eigenvalue weighted by Crippen LogP contribution is -2.10. The first-order valence-corrected chi connectivity index (χ1v) is 22.4. The van der Waals surface area contributed by atoms with E-state index >= 15 is 0 Å². The highest BCUT2D eigenvalue weighted by molar-refractivity contribution is 7.26. The van der Waals surface area contributed by atoms with Gasteiger partial charge >= 0.3 is 0 Å². The molecular formula is C60H38N2S. The normalized spacial score (nSPS) is 11.8. The van der Waals surface area contributed by atoms with Crippen LogP contribution in [0.4, 0.5) is 17.1 Å². The fraction of sp³-hybridized carbons (Fsp3) is 0. The smallest absolute Gasteiger partial charge is 0.0547 e. The summed E-state index contributed by atoms with van der Waals surface area (Å²) in [6, 6.07) is 84.6. The Morgan fingerprint density at radius 3 is 1.59 bits per heavy atom. The molecule has 0 aliphatic rings. The van der Waals surface area contributed by atoms with Crippen molar-refractivity contribution in [2.24, 2.45) is 0 Å². The molecule has 13 aromatic rings. The van der Waals surface area contributed by atoms with Crippen molar-refractivity contribution in [3.05, 3.63) is 231 Å². The lowest BCUT2D eigenvalue weighted by molar-refractivity contribution is 1.18. The van der Waals surface area contributed by atoms with Crippen molar-refractivity contribution in [2.45, 2.75) is 0 Å². The number of nitrogens with zero attached hydrogens (tertiary/aromatic N) is 2. The van der Waals surface area contributed by atoms with Gasteiger partial charge in [0.05, 0.1) is 16.7 Å². The molecule has 2 aromatic heterocycles. The largest absolute Gasteiger partial charge is 0.310 e. The number of anilines is 3. The number of hydrogen-bond acceptors (Lipinski definition) is 2. The van der Waals surface area contributed by atoms with Crippen molar-refractivity contribution >= 4 is 103 Å². The van der Waals surface area contributed by atoms with E-state index in [0.29, 0.717) is 0 Å². The Bertz CT molecular complexity index is 3810. The van der Waals surface area contributed by atoms with Crippen molar-refractivity contribution in [1.29, 1.82) is 0 Å². The van der Waals surface area contributed by atoms with Gasteiger partial charge in [0.2, 0.25) is 0 Å². The molecule has 0 unspecified atom stereocenters. The SMILES string of the molecule is c1cc(-c2cccc3c2sc2ccccc23)cc(N(c2ccc(-c3ccc(-n4c5ccc6ccccc6c5c5c6ccccc6ccc54)cc3)cc2)c2cccc3ccccc23)c1. The Balaban J connectivity index is 0.909. The van der Waals surface area contributed by atoms with Gasteiger partial charge in [-0.15, -0.1) is 11.3 Å². The molecule has 0 fully saturated rings. The van der Waals surface area contributed by atoms with Crippen LogP contribution >= 0.6 is 11.3 Å². The molecule has 0 N–H and O–H groups in total. The van der Waals surface area contributed by atoms with Crippen molar-refractivity contribution < 1.29 is 0 Å². The number of thiophene rings is 1. The number of hydrogen-bond donors (Lipinski definition) is 0. The zero-order valence-electron chi connectivity index (χ0n) is 34.2. The predicted molar refractivity (Wildman–Crippen MR) is 272 cm³/mol. The van der Waals surface area contributed by atoms with Crippen LogP contribution < -0.4 is 4.90 Å². The monoisotopic (exact) mass is 818 g/mol. The molecule has 0 bridgehead atoms.